The van der Waals surface area contributed by atoms with Gasteiger partial charge in [0.1, 0.15) is 23.7 Å². The molecular formula is C28H41NO5. The van der Waals surface area contributed by atoms with Gasteiger partial charge in [-0.2, -0.15) is 0 Å². The van der Waals surface area contributed by atoms with Gasteiger partial charge in [-0.25, -0.2) is 4.79 Å². The second-order valence-electron chi connectivity index (χ2n) is 9.75. The van der Waals surface area contributed by atoms with E-state index in [4.69, 9.17) is 14.2 Å². The number of esters is 2. The van der Waals surface area contributed by atoms with Crippen molar-refractivity contribution in [2.24, 2.45) is 0 Å². The van der Waals surface area contributed by atoms with Crippen LogP contribution in [0.25, 0.3) is 0 Å². The molecule has 1 aromatic heterocycles. The highest BCUT2D eigenvalue weighted by Gasteiger charge is 2.22. The summed E-state index contributed by atoms with van der Waals surface area (Å²) in [5.74, 6) is -0.0847. The molecule has 1 unspecified atom stereocenters. The number of benzene rings is 1. The minimum Gasteiger partial charge on any atom is -0.490 e. The maximum absolute atomic E-state index is 12.5. The number of aryl methyl sites for hydroxylation is 1. The highest BCUT2D eigenvalue weighted by molar-refractivity contribution is 5.88. The van der Waals surface area contributed by atoms with Gasteiger partial charge in [0.05, 0.1) is 6.54 Å². The minimum absolute atomic E-state index is 0.183. The first-order valence-corrected chi connectivity index (χ1v) is 12.5. The zero-order valence-electron chi connectivity index (χ0n) is 21.5. The monoisotopic (exact) mass is 471 g/mol. The molecule has 6 heteroatoms. The van der Waals surface area contributed by atoms with Crippen LogP contribution in [-0.2, 0) is 27.2 Å². The third-order valence-electron chi connectivity index (χ3n) is 5.35. The molecule has 1 heterocycles. The molecule has 34 heavy (non-hydrogen) atoms. The van der Waals surface area contributed by atoms with Gasteiger partial charge < -0.3 is 18.8 Å². The number of hydrogen-bond acceptors (Lipinski definition) is 5. The molecule has 0 radical (unpaired) electrons. The molecule has 0 saturated heterocycles. The van der Waals surface area contributed by atoms with Crippen molar-refractivity contribution in [3.8, 4) is 5.75 Å². The number of rotatable bonds is 14. The summed E-state index contributed by atoms with van der Waals surface area (Å²) in [5.41, 5.74) is 1.12. The Labute approximate surface area is 204 Å². The van der Waals surface area contributed by atoms with Gasteiger partial charge in [0.2, 0.25) is 0 Å². The Hall–Kier alpha value is -2.76. The van der Waals surface area contributed by atoms with Gasteiger partial charge in [-0.1, -0.05) is 51.2 Å². The summed E-state index contributed by atoms with van der Waals surface area (Å²) in [6, 6.07) is 11.6. The highest BCUT2D eigenvalue weighted by Crippen LogP contribution is 2.17. The van der Waals surface area contributed by atoms with Crippen molar-refractivity contribution in [2.75, 3.05) is 6.61 Å². The van der Waals surface area contributed by atoms with E-state index in [2.05, 4.69) is 19.1 Å². The SMILES string of the molecule is CCCCCCCCc1ccc(OCC(Cn2cccc2C(=O)OC(C)(C)C)OC(C)=O)cc1. The lowest BCUT2D eigenvalue weighted by Gasteiger charge is -2.22. The van der Waals surface area contributed by atoms with Crippen molar-refractivity contribution >= 4 is 11.9 Å². The van der Waals surface area contributed by atoms with Crippen LogP contribution in [0.2, 0.25) is 0 Å². The van der Waals surface area contributed by atoms with E-state index >= 15 is 0 Å². The third kappa shape index (κ3) is 10.4. The van der Waals surface area contributed by atoms with Crippen LogP contribution in [0.15, 0.2) is 42.6 Å². The summed E-state index contributed by atoms with van der Waals surface area (Å²) >= 11 is 0. The number of carbonyl (C=O) groups is 2. The van der Waals surface area contributed by atoms with E-state index < -0.39 is 23.6 Å². The molecule has 0 fully saturated rings. The van der Waals surface area contributed by atoms with E-state index in [1.54, 1.807) is 22.9 Å². The molecule has 0 amide bonds. The first kappa shape index (κ1) is 27.5. The third-order valence-corrected chi connectivity index (χ3v) is 5.35. The fourth-order valence-electron chi connectivity index (χ4n) is 3.72. The van der Waals surface area contributed by atoms with Crippen LogP contribution in [0.4, 0.5) is 0 Å². The molecule has 2 rings (SSSR count). The van der Waals surface area contributed by atoms with Crippen molar-refractivity contribution in [3.05, 3.63) is 53.9 Å². The van der Waals surface area contributed by atoms with Gasteiger partial charge in [-0.3, -0.25) is 4.79 Å². The quantitative estimate of drug-likeness (QED) is 0.237. The zero-order chi connectivity index (χ0) is 25.0. The Morgan fingerprint density at radius 3 is 2.29 bits per heavy atom. The molecular weight excluding hydrogens is 430 g/mol. The topological polar surface area (TPSA) is 66.8 Å². The first-order valence-electron chi connectivity index (χ1n) is 12.5. The number of hydrogen-bond donors (Lipinski definition) is 0. The Kier molecular flexibility index (Phi) is 11.2. The van der Waals surface area contributed by atoms with E-state index in [1.807, 2.05) is 32.9 Å². The van der Waals surface area contributed by atoms with Crippen LogP contribution in [-0.4, -0.2) is 34.8 Å². The predicted octanol–water partition coefficient (Wildman–Crippen LogP) is 6.36. The maximum atomic E-state index is 12.5. The molecule has 0 saturated carbocycles. The fourth-order valence-corrected chi connectivity index (χ4v) is 3.72. The van der Waals surface area contributed by atoms with Crippen molar-refractivity contribution in [1.29, 1.82) is 0 Å². The molecule has 0 aliphatic heterocycles. The fraction of sp³-hybridized carbons (Fsp3) is 0.571. The van der Waals surface area contributed by atoms with E-state index in [-0.39, 0.29) is 13.2 Å². The summed E-state index contributed by atoms with van der Waals surface area (Å²) in [5, 5.41) is 0. The Balaban J connectivity index is 1.90. The molecule has 188 valence electrons. The molecule has 0 bridgehead atoms. The normalized spacial score (nSPS) is 12.3. The summed E-state index contributed by atoms with van der Waals surface area (Å²) in [6.45, 7) is 9.56. The first-order chi connectivity index (χ1) is 16.2. The molecule has 2 aromatic rings. The summed E-state index contributed by atoms with van der Waals surface area (Å²) in [7, 11) is 0. The van der Waals surface area contributed by atoms with Gasteiger partial charge in [-0.05, 0) is 63.4 Å². The van der Waals surface area contributed by atoms with Crippen molar-refractivity contribution in [1.82, 2.24) is 4.57 Å². The van der Waals surface area contributed by atoms with Gasteiger partial charge in [0.15, 0.2) is 6.10 Å². The number of aromatic nitrogens is 1. The van der Waals surface area contributed by atoms with Crippen LogP contribution in [0.5, 0.6) is 5.75 Å². The Morgan fingerprint density at radius 2 is 1.65 bits per heavy atom. The Bertz CT molecular complexity index is 879. The lowest BCUT2D eigenvalue weighted by Crippen LogP contribution is -2.31. The Morgan fingerprint density at radius 1 is 0.971 bits per heavy atom. The predicted molar refractivity (Wildman–Crippen MR) is 134 cm³/mol. The number of nitrogens with zero attached hydrogens (tertiary/aromatic N) is 1. The average molecular weight is 472 g/mol. The summed E-state index contributed by atoms with van der Waals surface area (Å²) in [4.78, 5) is 24.2. The second kappa shape index (κ2) is 13.8. The second-order valence-corrected chi connectivity index (χ2v) is 9.75. The maximum Gasteiger partial charge on any atom is 0.355 e. The highest BCUT2D eigenvalue weighted by atomic mass is 16.6. The molecule has 0 spiro atoms. The van der Waals surface area contributed by atoms with Crippen LogP contribution in [0, 0.1) is 0 Å². The molecule has 1 atom stereocenters. The summed E-state index contributed by atoms with van der Waals surface area (Å²) < 4.78 is 18.6. The van der Waals surface area contributed by atoms with Crippen LogP contribution in [0.1, 0.15) is 89.2 Å². The standard InChI is InChI=1S/C28H41NO5/c1-6-7-8-9-10-11-13-23-15-17-24(18-16-23)32-21-25(33-22(2)30)20-29-19-12-14-26(29)27(31)34-28(3,4)5/h12,14-19,25H,6-11,13,20-21H2,1-5H3. The number of ether oxygens (including phenoxy) is 3. The van der Waals surface area contributed by atoms with Gasteiger partial charge >= 0.3 is 11.9 Å². The number of carbonyl (C=O) groups excluding carboxylic acids is 2. The molecule has 0 aliphatic rings. The van der Waals surface area contributed by atoms with E-state index in [9.17, 15) is 9.59 Å². The van der Waals surface area contributed by atoms with E-state index in [1.165, 1.54) is 51.0 Å². The number of unbranched alkanes of at least 4 members (excludes halogenated alkanes) is 5. The van der Waals surface area contributed by atoms with Crippen molar-refractivity contribution in [3.63, 3.8) is 0 Å². The molecule has 0 aliphatic carbocycles. The van der Waals surface area contributed by atoms with Gasteiger partial charge in [-0.15, -0.1) is 0 Å². The minimum atomic E-state index is -0.591. The van der Waals surface area contributed by atoms with E-state index in [0.29, 0.717) is 5.69 Å². The molecule has 6 nitrogen and oxygen atoms in total. The van der Waals surface area contributed by atoms with Crippen molar-refractivity contribution < 1.29 is 23.8 Å². The smallest absolute Gasteiger partial charge is 0.355 e. The van der Waals surface area contributed by atoms with Crippen molar-refractivity contribution in [2.45, 2.75) is 97.8 Å². The zero-order valence-corrected chi connectivity index (χ0v) is 21.5. The van der Waals surface area contributed by atoms with Crippen LogP contribution >= 0.6 is 0 Å². The largest absolute Gasteiger partial charge is 0.490 e. The average Bonchev–Trinajstić information content (AvgIpc) is 3.22. The lowest BCUT2D eigenvalue weighted by molar-refractivity contribution is -0.148. The van der Waals surface area contributed by atoms with Gasteiger partial charge in [0.25, 0.3) is 0 Å². The molecule has 0 N–H and O–H groups in total. The van der Waals surface area contributed by atoms with Gasteiger partial charge in [0, 0.05) is 13.1 Å². The lowest BCUT2D eigenvalue weighted by atomic mass is 10.0. The summed E-state index contributed by atoms with van der Waals surface area (Å²) in [6.07, 6.45) is 10.0. The van der Waals surface area contributed by atoms with E-state index in [0.717, 1.165) is 12.2 Å². The van der Waals surface area contributed by atoms with Crippen LogP contribution in [0.3, 0.4) is 0 Å². The molecule has 1 aromatic carbocycles. The van der Waals surface area contributed by atoms with Crippen LogP contribution < -0.4 is 4.74 Å².